The summed E-state index contributed by atoms with van der Waals surface area (Å²) in [6, 6.07) is 3.68. The van der Waals surface area contributed by atoms with Crippen molar-refractivity contribution in [2.75, 3.05) is 7.11 Å². The van der Waals surface area contributed by atoms with Crippen LogP contribution in [-0.4, -0.2) is 37.3 Å². The largest absolute Gasteiger partial charge is 0.504 e. The zero-order valence-electron chi connectivity index (χ0n) is 20.3. The highest BCUT2D eigenvalue weighted by molar-refractivity contribution is 6.74. The van der Waals surface area contributed by atoms with E-state index in [9.17, 15) is 10.2 Å². The van der Waals surface area contributed by atoms with Crippen LogP contribution < -0.4 is 4.74 Å². The summed E-state index contributed by atoms with van der Waals surface area (Å²) in [4.78, 5) is 0. The Hall–Kier alpha value is -1.30. The lowest BCUT2D eigenvalue weighted by Gasteiger charge is -2.52. The Labute approximate surface area is 188 Å². The van der Waals surface area contributed by atoms with E-state index in [-0.39, 0.29) is 28.2 Å². The van der Waals surface area contributed by atoms with E-state index in [0.29, 0.717) is 12.2 Å². The van der Waals surface area contributed by atoms with Gasteiger partial charge in [-0.1, -0.05) is 33.8 Å². The molecular weight excluding hydrogens is 404 g/mol. The van der Waals surface area contributed by atoms with Crippen molar-refractivity contribution in [2.45, 2.75) is 96.1 Å². The van der Waals surface area contributed by atoms with E-state index in [1.54, 1.807) is 13.2 Å². The number of rotatable bonds is 3. The van der Waals surface area contributed by atoms with Crippen LogP contribution in [0.3, 0.4) is 0 Å². The minimum atomic E-state index is -1.88. The first-order chi connectivity index (χ1) is 14.3. The summed E-state index contributed by atoms with van der Waals surface area (Å²) in [5, 5.41) is 22.6. The van der Waals surface area contributed by atoms with Gasteiger partial charge in [-0.15, -0.1) is 0 Å². The maximum atomic E-state index is 12.2. The number of aryl methyl sites for hydroxylation is 1. The van der Waals surface area contributed by atoms with Gasteiger partial charge in [0.2, 0.25) is 0 Å². The summed E-state index contributed by atoms with van der Waals surface area (Å²) < 4.78 is 12.5. The van der Waals surface area contributed by atoms with E-state index >= 15 is 0 Å². The molecule has 0 bridgehead atoms. The monoisotopic (exact) mass is 444 g/mol. The van der Waals surface area contributed by atoms with Crippen molar-refractivity contribution in [3.05, 3.63) is 28.8 Å². The number of methoxy groups -OCH3 is 1. The molecule has 2 N–H and O–H groups in total. The molecule has 4 rings (SSSR count). The van der Waals surface area contributed by atoms with Crippen molar-refractivity contribution in [3.63, 3.8) is 0 Å². The molecule has 2 saturated carbocycles. The molecule has 1 aromatic carbocycles. The summed E-state index contributed by atoms with van der Waals surface area (Å²) in [5.41, 5.74) is 2.34. The Morgan fingerprint density at radius 2 is 1.81 bits per heavy atom. The zero-order valence-corrected chi connectivity index (χ0v) is 21.3. The molecule has 0 aliphatic heterocycles. The van der Waals surface area contributed by atoms with Crippen molar-refractivity contribution in [3.8, 4) is 11.5 Å². The average Bonchev–Trinajstić information content (AvgIpc) is 2.91. The normalized spacial score (nSPS) is 33.1. The smallest absolute Gasteiger partial charge is 0.192 e. The molecule has 5 heteroatoms. The number of phenols is 1. The van der Waals surface area contributed by atoms with Crippen molar-refractivity contribution in [1.82, 2.24) is 0 Å². The highest BCUT2D eigenvalue weighted by Gasteiger charge is 2.60. The molecule has 1 aromatic rings. The molecule has 0 saturated heterocycles. The molecule has 4 atom stereocenters. The molecule has 0 spiro atoms. The molecule has 0 aromatic heterocycles. The van der Waals surface area contributed by atoms with Gasteiger partial charge >= 0.3 is 0 Å². The average molecular weight is 445 g/mol. The van der Waals surface area contributed by atoms with Gasteiger partial charge in [-0.3, -0.25) is 0 Å². The topological polar surface area (TPSA) is 58.9 Å². The number of aliphatic hydroxyl groups is 1. The van der Waals surface area contributed by atoms with Crippen LogP contribution in [0.5, 0.6) is 11.5 Å². The first kappa shape index (κ1) is 22.9. The molecule has 0 amide bonds. The van der Waals surface area contributed by atoms with Crippen LogP contribution in [0.2, 0.25) is 18.1 Å². The Balaban J connectivity index is 1.69. The first-order valence-corrected chi connectivity index (χ1v) is 14.7. The lowest BCUT2D eigenvalue weighted by atomic mass is 9.58. The van der Waals surface area contributed by atoms with Gasteiger partial charge in [0.25, 0.3) is 0 Å². The fourth-order valence-electron chi connectivity index (χ4n) is 6.14. The Morgan fingerprint density at radius 1 is 1.10 bits per heavy atom. The Bertz CT molecular complexity index is 899. The van der Waals surface area contributed by atoms with Gasteiger partial charge in [-0.2, -0.15) is 0 Å². The number of ether oxygens (including phenoxy) is 1. The number of hydrogen-bond acceptors (Lipinski definition) is 4. The second kappa shape index (κ2) is 7.36. The number of aromatic hydroxyl groups is 1. The van der Waals surface area contributed by atoms with E-state index in [0.717, 1.165) is 48.8 Å². The van der Waals surface area contributed by atoms with Gasteiger partial charge in [0, 0.05) is 5.56 Å². The van der Waals surface area contributed by atoms with Crippen molar-refractivity contribution >= 4 is 14.4 Å². The van der Waals surface area contributed by atoms with Gasteiger partial charge < -0.3 is 19.4 Å². The lowest BCUT2D eigenvalue weighted by Crippen LogP contribution is -2.54. The van der Waals surface area contributed by atoms with Crippen LogP contribution in [0, 0.1) is 11.3 Å². The molecule has 0 heterocycles. The first-order valence-electron chi connectivity index (χ1n) is 11.8. The molecule has 172 valence electrons. The second-order valence-corrected chi connectivity index (χ2v) is 16.5. The fourth-order valence-corrected chi connectivity index (χ4v) is 7.59. The number of fused-ring (bicyclic) bond motifs is 4. The second-order valence-electron chi connectivity index (χ2n) is 11.8. The number of hydrogen-bond donors (Lipinski definition) is 2. The van der Waals surface area contributed by atoms with Crippen LogP contribution in [0.4, 0.5) is 0 Å². The van der Waals surface area contributed by atoms with Crippen LogP contribution in [0.1, 0.15) is 70.9 Å². The highest BCUT2D eigenvalue weighted by atomic mass is 28.4. The molecule has 0 unspecified atom stereocenters. The van der Waals surface area contributed by atoms with E-state index in [4.69, 9.17) is 9.16 Å². The van der Waals surface area contributed by atoms with Crippen molar-refractivity contribution in [1.29, 1.82) is 0 Å². The molecule has 4 nitrogen and oxygen atoms in total. The molecule has 3 aliphatic rings. The third kappa shape index (κ3) is 3.48. The van der Waals surface area contributed by atoms with Gasteiger partial charge in [-0.05, 0) is 91.3 Å². The molecule has 0 radical (unpaired) electrons. The molecule has 31 heavy (non-hydrogen) atoms. The minimum Gasteiger partial charge on any atom is -0.504 e. The highest BCUT2D eigenvalue weighted by Crippen LogP contribution is 2.61. The maximum Gasteiger partial charge on any atom is 0.192 e. The predicted molar refractivity (Wildman–Crippen MR) is 128 cm³/mol. The summed E-state index contributed by atoms with van der Waals surface area (Å²) in [6.45, 7) is 13.9. The summed E-state index contributed by atoms with van der Waals surface area (Å²) in [6.07, 6.45) is 7.75. The number of benzene rings is 1. The van der Waals surface area contributed by atoms with Crippen molar-refractivity contribution in [2.24, 2.45) is 11.3 Å². The van der Waals surface area contributed by atoms with Gasteiger partial charge in [0.05, 0.1) is 18.8 Å². The quantitative estimate of drug-likeness (QED) is 0.556. The Morgan fingerprint density at radius 3 is 2.45 bits per heavy atom. The van der Waals surface area contributed by atoms with Crippen LogP contribution in [0.15, 0.2) is 17.7 Å². The van der Waals surface area contributed by atoms with E-state index in [1.165, 1.54) is 0 Å². The fraction of sp³-hybridized carbons (Fsp3) is 0.692. The number of phenolic OH excluding ortho intramolecular Hbond substituents is 1. The lowest BCUT2D eigenvalue weighted by molar-refractivity contribution is -0.0846. The van der Waals surface area contributed by atoms with Gasteiger partial charge in [-0.25, -0.2) is 0 Å². The van der Waals surface area contributed by atoms with E-state index in [2.05, 4.69) is 46.9 Å². The maximum absolute atomic E-state index is 12.2. The SMILES string of the molecule is COc1c(O)ccc2c1C=C1CC[C@]3(C)[C@@H](O[Si](C)(C)C(C)(C)C)CC[C@H]3[C@@]1(O)CC2. The predicted octanol–water partition coefficient (Wildman–Crippen LogP) is 6.06. The third-order valence-corrected chi connectivity index (χ3v) is 13.6. The third-order valence-electron chi connectivity index (χ3n) is 9.12. The molecule has 3 aliphatic carbocycles. The van der Waals surface area contributed by atoms with Crippen LogP contribution in [-0.2, 0) is 10.8 Å². The van der Waals surface area contributed by atoms with E-state index in [1.807, 2.05) is 6.07 Å². The van der Waals surface area contributed by atoms with Gasteiger partial charge in [0.1, 0.15) is 0 Å². The van der Waals surface area contributed by atoms with Crippen LogP contribution in [0.25, 0.3) is 6.08 Å². The summed E-state index contributed by atoms with van der Waals surface area (Å²) in [7, 11) is -0.282. The summed E-state index contributed by atoms with van der Waals surface area (Å²) in [5.74, 6) is 0.879. The van der Waals surface area contributed by atoms with E-state index < -0.39 is 13.9 Å². The van der Waals surface area contributed by atoms with Crippen LogP contribution >= 0.6 is 0 Å². The standard InChI is InChI=1S/C26H40O4Si/c1-24(2,3)31(6,7)30-22-11-10-21-25(22,4)14-13-18-16-19-17(12-15-26(18,21)28)8-9-20(27)23(19)29-5/h8-9,16,21-22,27-28H,10-15H2,1-7H3/t21-,22+,25+,26-/m1/s1. The minimum absolute atomic E-state index is 0.00956. The van der Waals surface area contributed by atoms with Gasteiger partial charge in [0.15, 0.2) is 19.8 Å². The van der Waals surface area contributed by atoms with Crippen molar-refractivity contribution < 1.29 is 19.4 Å². The molecule has 2 fully saturated rings. The Kier molecular flexibility index (Phi) is 5.43. The zero-order chi connectivity index (χ0) is 22.8. The summed E-state index contributed by atoms with van der Waals surface area (Å²) >= 11 is 0. The molecular formula is C26H40O4Si.